The molecule has 6 nitrogen and oxygen atoms in total. The summed E-state index contributed by atoms with van der Waals surface area (Å²) in [6.07, 6.45) is -1.27. The zero-order valence-corrected chi connectivity index (χ0v) is 9.65. The van der Waals surface area contributed by atoms with Gasteiger partial charge in [-0.2, -0.15) is 0 Å². The van der Waals surface area contributed by atoms with Crippen molar-refractivity contribution in [2.45, 2.75) is 12.8 Å². The van der Waals surface area contributed by atoms with Crippen molar-refractivity contribution < 1.29 is 23.8 Å². The molecule has 0 radical (unpaired) electrons. The van der Waals surface area contributed by atoms with Crippen LogP contribution in [-0.4, -0.2) is 37.0 Å². The van der Waals surface area contributed by atoms with Gasteiger partial charge in [0.05, 0.1) is 0 Å². The predicted molar refractivity (Wildman–Crippen MR) is 60.2 cm³/mol. The molecule has 1 fully saturated rings. The highest BCUT2D eigenvalue weighted by Gasteiger charge is 2.32. The van der Waals surface area contributed by atoms with E-state index in [1.165, 1.54) is 4.90 Å². The van der Waals surface area contributed by atoms with Gasteiger partial charge in [0.15, 0.2) is 0 Å². The normalized spacial score (nSPS) is 18.4. The minimum absolute atomic E-state index is 0.0616. The number of carbonyl (C=O) groups is 2. The lowest BCUT2D eigenvalue weighted by Gasteiger charge is -2.19. The molecular formula is C12H13NO5. The van der Waals surface area contributed by atoms with Crippen molar-refractivity contribution in [3.05, 3.63) is 35.9 Å². The smallest absolute Gasteiger partial charge is 0.414 e. The van der Waals surface area contributed by atoms with Crippen LogP contribution in [0.1, 0.15) is 5.56 Å². The van der Waals surface area contributed by atoms with Gasteiger partial charge in [-0.15, -0.1) is 0 Å². The van der Waals surface area contributed by atoms with E-state index in [0.717, 1.165) is 5.56 Å². The Morgan fingerprint density at radius 3 is 2.94 bits per heavy atom. The summed E-state index contributed by atoms with van der Waals surface area (Å²) in [6, 6.07) is 9.31. The fourth-order valence-corrected chi connectivity index (χ4v) is 1.57. The number of hydrogen-bond acceptors (Lipinski definition) is 5. The SMILES string of the molecule is O=COC1COCN1C(=O)OCc1ccccc1. The maximum Gasteiger partial charge on any atom is 0.414 e. The summed E-state index contributed by atoms with van der Waals surface area (Å²) in [5.74, 6) is 0. The second-order valence-electron chi connectivity index (χ2n) is 3.70. The van der Waals surface area contributed by atoms with Crippen LogP contribution in [0.15, 0.2) is 30.3 Å². The third-order valence-electron chi connectivity index (χ3n) is 2.49. The van der Waals surface area contributed by atoms with Gasteiger partial charge in [0.1, 0.15) is 19.9 Å². The van der Waals surface area contributed by atoms with Gasteiger partial charge in [-0.1, -0.05) is 30.3 Å². The summed E-state index contributed by atoms with van der Waals surface area (Å²) >= 11 is 0. The summed E-state index contributed by atoms with van der Waals surface area (Å²) in [5.41, 5.74) is 0.888. The standard InChI is InChI=1S/C12H13NO5/c14-9-18-11-7-16-8-13(11)12(15)17-6-10-4-2-1-3-5-10/h1-5,9,11H,6-8H2. The average molecular weight is 251 g/mol. The molecule has 1 aliphatic heterocycles. The van der Waals surface area contributed by atoms with Crippen molar-refractivity contribution >= 4 is 12.6 Å². The number of carbonyl (C=O) groups excluding carboxylic acids is 2. The van der Waals surface area contributed by atoms with E-state index in [2.05, 4.69) is 0 Å². The second-order valence-corrected chi connectivity index (χ2v) is 3.70. The predicted octanol–water partition coefficient (Wildman–Crippen LogP) is 1.11. The number of rotatable bonds is 4. The minimum Gasteiger partial charge on any atom is -0.444 e. The highest BCUT2D eigenvalue weighted by Crippen LogP contribution is 2.12. The van der Waals surface area contributed by atoms with Gasteiger partial charge in [-0.05, 0) is 5.56 Å². The van der Waals surface area contributed by atoms with Crippen LogP contribution < -0.4 is 0 Å². The lowest BCUT2D eigenvalue weighted by molar-refractivity contribution is -0.138. The van der Waals surface area contributed by atoms with Crippen LogP contribution in [0.2, 0.25) is 0 Å². The fraction of sp³-hybridized carbons (Fsp3) is 0.333. The molecule has 1 heterocycles. The van der Waals surface area contributed by atoms with E-state index in [9.17, 15) is 9.59 Å². The molecular weight excluding hydrogens is 238 g/mol. The van der Waals surface area contributed by atoms with E-state index in [-0.39, 0.29) is 26.4 Å². The Bertz CT molecular complexity index is 408. The van der Waals surface area contributed by atoms with Crippen molar-refractivity contribution in [3.63, 3.8) is 0 Å². The van der Waals surface area contributed by atoms with Gasteiger partial charge >= 0.3 is 6.09 Å². The highest BCUT2D eigenvalue weighted by molar-refractivity contribution is 5.68. The van der Waals surface area contributed by atoms with Crippen molar-refractivity contribution in [3.8, 4) is 0 Å². The van der Waals surface area contributed by atoms with E-state index in [4.69, 9.17) is 14.2 Å². The molecule has 0 saturated carbocycles. The van der Waals surface area contributed by atoms with Crippen LogP contribution >= 0.6 is 0 Å². The van der Waals surface area contributed by atoms with Gasteiger partial charge in [-0.3, -0.25) is 4.79 Å². The number of amides is 1. The first-order valence-electron chi connectivity index (χ1n) is 5.45. The lowest BCUT2D eigenvalue weighted by Crippen LogP contribution is -2.38. The summed E-state index contributed by atoms with van der Waals surface area (Å²) < 4.78 is 14.8. The Labute approximate surface area is 104 Å². The molecule has 0 aliphatic carbocycles. The first kappa shape index (κ1) is 12.4. The van der Waals surface area contributed by atoms with Crippen LogP contribution in [0, 0.1) is 0 Å². The van der Waals surface area contributed by atoms with Crippen LogP contribution in [0.3, 0.4) is 0 Å². The molecule has 2 rings (SSSR count). The third kappa shape index (κ3) is 2.98. The topological polar surface area (TPSA) is 65.1 Å². The average Bonchev–Trinajstić information content (AvgIpc) is 2.86. The minimum atomic E-state index is -0.703. The molecule has 1 saturated heterocycles. The molecule has 1 aliphatic rings. The molecule has 1 unspecified atom stereocenters. The van der Waals surface area contributed by atoms with Gasteiger partial charge in [-0.25, -0.2) is 9.69 Å². The number of benzene rings is 1. The van der Waals surface area contributed by atoms with E-state index in [0.29, 0.717) is 0 Å². The zero-order chi connectivity index (χ0) is 12.8. The molecule has 0 bridgehead atoms. The van der Waals surface area contributed by atoms with Gasteiger partial charge in [0, 0.05) is 0 Å². The Balaban J connectivity index is 1.86. The van der Waals surface area contributed by atoms with Crippen molar-refractivity contribution in [1.82, 2.24) is 4.90 Å². The van der Waals surface area contributed by atoms with Crippen LogP contribution in [-0.2, 0) is 25.6 Å². The van der Waals surface area contributed by atoms with E-state index < -0.39 is 12.3 Å². The van der Waals surface area contributed by atoms with E-state index >= 15 is 0 Å². The Morgan fingerprint density at radius 1 is 1.44 bits per heavy atom. The van der Waals surface area contributed by atoms with Gasteiger partial charge in [0.25, 0.3) is 6.47 Å². The number of ether oxygens (including phenoxy) is 3. The fourth-order valence-electron chi connectivity index (χ4n) is 1.57. The van der Waals surface area contributed by atoms with Gasteiger partial charge in [0.2, 0.25) is 6.23 Å². The lowest BCUT2D eigenvalue weighted by atomic mass is 10.2. The van der Waals surface area contributed by atoms with Crippen LogP contribution in [0.4, 0.5) is 4.79 Å². The molecule has 0 spiro atoms. The van der Waals surface area contributed by atoms with Crippen LogP contribution in [0.5, 0.6) is 0 Å². The molecule has 0 aromatic heterocycles. The number of hydrogen-bond donors (Lipinski definition) is 0. The maximum absolute atomic E-state index is 11.7. The second kappa shape index (κ2) is 6.02. The molecule has 1 aromatic rings. The molecule has 18 heavy (non-hydrogen) atoms. The first-order valence-corrected chi connectivity index (χ1v) is 5.45. The van der Waals surface area contributed by atoms with Crippen LogP contribution in [0.25, 0.3) is 0 Å². The molecule has 1 amide bonds. The summed E-state index contributed by atoms with van der Waals surface area (Å²) in [5, 5.41) is 0. The molecule has 1 aromatic carbocycles. The first-order chi connectivity index (χ1) is 8.81. The third-order valence-corrected chi connectivity index (χ3v) is 2.49. The van der Waals surface area contributed by atoms with Crippen molar-refractivity contribution in [1.29, 1.82) is 0 Å². The summed E-state index contributed by atoms with van der Waals surface area (Å²) in [7, 11) is 0. The molecule has 1 atom stereocenters. The summed E-state index contributed by atoms with van der Waals surface area (Å²) in [4.78, 5) is 23.2. The van der Waals surface area contributed by atoms with Crippen molar-refractivity contribution in [2.75, 3.05) is 13.3 Å². The quantitative estimate of drug-likeness (QED) is 0.750. The molecule has 96 valence electrons. The monoisotopic (exact) mass is 251 g/mol. The summed E-state index contributed by atoms with van der Waals surface area (Å²) in [6.45, 7) is 0.687. The Morgan fingerprint density at radius 2 is 2.22 bits per heavy atom. The largest absolute Gasteiger partial charge is 0.444 e. The van der Waals surface area contributed by atoms with Gasteiger partial charge < -0.3 is 14.2 Å². The highest BCUT2D eigenvalue weighted by atomic mass is 16.6. The zero-order valence-electron chi connectivity index (χ0n) is 9.65. The van der Waals surface area contributed by atoms with Crippen molar-refractivity contribution in [2.24, 2.45) is 0 Å². The Kier molecular flexibility index (Phi) is 4.14. The number of nitrogens with zero attached hydrogens (tertiary/aromatic N) is 1. The van der Waals surface area contributed by atoms with E-state index in [1.54, 1.807) is 0 Å². The Hall–Kier alpha value is -2.08. The molecule has 6 heteroatoms. The molecule has 0 N–H and O–H groups in total. The van der Waals surface area contributed by atoms with E-state index in [1.807, 2.05) is 30.3 Å². The maximum atomic E-state index is 11.7.